The molecule has 3 nitrogen and oxygen atoms in total. The van der Waals surface area contributed by atoms with Crippen LogP contribution in [0.25, 0.3) is 22.2 Å². The molecule has 0 aliphatic rings. The van der Waals surface area contributed by atoms with Crippen molar-refractivity contribution >= 4 is 51.7 Å². The summed E-state index contributed by atoms with van der Waals surface area (Å²) in [5.41, 5.74) is 2.59. The summed E-state index contributed by atoms with van der Waals surface area (Å²) in [5, 5.41) is 11.3. The van der Waals surface area contributed by atoms with Crippen LogP contribution in [0.1, 0.15) is 5.56 Å². The van der Waals surface area contributed by atoms with Crippen LogP contribution in [0.3, 0.4) is 0 Å². The Bertz CT molecular complexity index is 886. The number of nitrogens with one attached hydrogen (secondary N) is 1. The maximum Gasteiger partial charge on any atom is 0.307 e. The molecular formula is C16H10Cl3NO2. The van der Waals surface area contributed by atoms with Gasteiger partial charge in [-0.2, -0.15) is 0 Å². The predicted molar refractivity (Wildman–Crippen MR) is 90.1 cm³/mol. The van der Waals surface area contributed by atoms with E-state index in [1.807, 2.05) is 6.07 Å². The van der Waals surface area contributed by atoms with Crippen LogP contribution in [-0.2, 0) is 11.2 Å². The van der Waals surface area contributed by atoms with Crippen molar-refractivity contribution in [1.29, 1.82) is 0 Å². The number of carboxylic acids is 1. The van der Waals surface area contributed by atoms with Gasteiger partial charge >= 0.3 is 5.97 Å². The van der Waals surface area contributed by atoms with Crippen LogP contribution in [0.15, 0.2) is 36.4 Å². The normalized spacial score (nSPS) is 11.0. The number of aromatic nitrogens is 1. The van der Waals surface area contributed by atoms with Crippen molar-refractivity contribution < 1.29 is 9.90 Å². The van der Waals surface area contributed by atoms with Crippen LogP contribution in [0.4, 0.5) is 0 Å². The SMILES string of the molecule is O=C(O)Cc1c(-c2cccc(Cl)c2Cl)[nH]c2c(Cl)cccc12. The smallest absolute Gasteiger partial charge is 0.307 e. The molecule has 0 bridgehead atoms. The van der Waals surface area contributed by atoms with Crippen LogP contribution in [0.2, 0.25) is 15.1 Å². The van der Waals surface area contributed by atoms with Gasteiger partial charge in [0, 0.05) is 10.9 Å². The van der Waals surface area contributed by atoms with Crippen molar-refractivity contribution in [3.05, 3.63) is 57.0 Å². The van der Waals surface area contributed by atoms with E-state index in [0.717, 1.165) is 5.39 Å². The van der Waals surface area contributed by atoms with E-state index in [1.165, 1.54) is 0 Å². The lowest BCUT2D eigenvalue weighted by molar-refractivity contribution is -0.136. The van der Waals surface area contributed by atoms with E-state index in [9.17, 15) is 9.90 Å². The topological polar surface area (TPSA) is 53.1 Å². The van der Waals surface area contributed by atoms with E-state index < -0.39 is 5.97 Å². The second kappa shape index (κ2) is 5.84. The lowest BCUT2D eigenvalue weighted by atomic mass is 10.0. The lowest BCUT2D eigenvalue weighted by Gasteiger charge is -2.06. The van der Waals surface area contributed by atoms with Gasteiger partial charge in [0.1, 0.15) is 0 Å². The molecule has 2 aromatic carbocycles. The fourth-order valence-corrected chi connectivity index (χ4v) is 3.12. The fourth-order valence-electron chi connectivity index (χ4n) is 2.50. The maximum absolute atomic E-state index is 11.2. The Labute approximate surface area is 141 Å². The summed E-state index contributed by atoms with van der Waals surface area (Å²) in [4.78, 5) is 14.4. The van der Waals surface area contributed by atoms with E-state index in [2.05, 4.69) is 4.98 Å². The molecule has 2 N–H and O–H groups in total. The van der Waals surface area contributed by atoms with Crippen LogP contribution in [0, 0.1) is 0 Å². The molecular weight excluding hydrogens is 345 g/mol. The first-order valence-electron chi connectivity index (χ1n) is 6.44. The molecule has 22 heavy (non-hydrogen) atoms. The van der Waals surface area contributed by atoms with Crippen LogP contribution >= 0.6 is 34.8 Å². The third-order valence-corrected chi connectivity index (χ3v) is 4.57. The molecule has 0 aliphatic heterocycles. The van der Waals surface area contributed by atoms with Crippen LogP contribution < -0.4 is 0 Å². The molecule has 0 atom stereocenters. The van der Waals surface area contributed by atoms with Gasteiger partial charge in [-0.05, 0) is 17.7 Å². The summed E-state index contributed by atoms with van der Waals surface area (Å²) < 4.78 is 0. The number of H-pyrrole nitrogens is 1. The molecule has 0 saturated carbocycles. The summed E-state index contributed by atoms with van der Waals surface area (Å²) >= 11 is 18.5. The average molecular weight is 355 g/mol. The Hall–Kier alpha value is -1.68. The predicted octanol–water partition coefficient (Wildman–Crippen LogP) is 5.42. The zero-order valence-corrected chi connectivity index (χ0v) is 13.4. The number of rotatable bonds is 3. The third-order valence-electron chi connectivity index (χ3n) is 3.44. The molecule has 6 heteroatoms. The van der Waals surface area contributed by atoms with Gasteiger partial charge in [0.25, 0.3) is 0 Å². The minimum Gasteiger partial charge on any atom is -0.481 e. The van der Waals surface area contributed by atoms with Crippen molar-refractivity contribution in [1.82, 2.24) is 4.98 Å². The fraction of sp³-hybridized carbons (Fsp3) is 0.0625. The zero-order valence-electron chi connectivity index (χ0n) is 11.2. The molecule has 0 radical (unpaired) electrons. The van der Waals surface area contributed by atoms with Gasteiger partial charge < -0.3 is 10.1 Å². The van der Waals surface area contributed by atoms with Crippen molar-refractivity contribution in [2.24, 2.45) is 0 Å². The molecule has 0 fully saturated rings. The highest BCUT2D eigenvalue weighted by Crippen LogP contribution is 2.39. The average Bonchev–Trinajstić information content (AvgIpc) is 2.82. The summed E-state index contributed by atoms with van der Waals surface area (Å²) in [6.45, 7) is 0. The summed E-state index contributed by atoms with van der Waals surface area (Å²) in [6, 6.07) is 10.6. The molecule has 1 heterocycles. The quantitative estimate of drug-likeness (QED) is 0.659. The number of halogens is 3. The van der Waals surface area contributed by atoms with Gasteiger partial charge in [0.05, 0.1) is 32.7 Å². The van der Waals surface area contributed by atoms with Crippen LogP contribution in [-0.4, -0.2) is 16.1 Å². The second-order valence-electron chi connectivity index (χ2n) is 4.81. The summed E-state index contributed by atoms with van der Waals surface area (Å²) in [7, 11) is 0. The van der Waals surface area contributed by atoms with E-state index in [1.54, 1.807) is 30.3 Å². The highest BCUT2D eigenvalue weighted by Gasteiger charge is 2.19. The molecule has 0 spiro atoms. The van der Waals surface area contributed by atoms with E-state index in [-0.39, 0.29) is 6.42 Å². The minimum atomic E-state index is -0.930. The lowest BCUT2D eigenvalue weighted by Crippen LogP contribution is -2.01. The van der Waals surface area contributed by atoms with E-state index in [0.29, 0.717) is 37.4 Å². The molecule has 3 rings (SSSR count). The van der Waals surface area contributed by atoms with Gasteiger partial charge in [0.2, 0.25) is 0 Å². The number of aliphatic carboxylic acids is 1. The molecule has 0 amide bonds. The monoisotopic (exact) mass is 353 g/mol. The zero-order chi connectivity index (χ0) is 15.9. The first-order valence-corrected chi connectivity index (χ1v) is 7.57. The number of fused-ring (bicyclic) bond motifs is 1. The van der Waals surface area contributed by atoms with Gasteiger partial charge in [-0.3, -0.25) is 4.79 Å². The highest BCUT2D eigenvalue weighted by molar-refractivity contribution is 6.43. The Morgan fingerprint density at radius 3 is 2.45 bits per heavy atom. The Kier molecular flexibility index (Phi) is 4.04. The van der Waals surface area contributed by atoms with Gasteiger partial charge in [-0.25, -0.2) is 0 Å². The second-order valence-corrected chi connectivity index (χ2v) is 6.01. The van der Waals surface area contributed by atoms with Crippen LogP contribution in [0.5, 0.6) is 0 Å². The first kappa shape index (κ1) is 15.2. The molecule has 0 aliphatic carbocycles. The number of para-hydroxylation sites is 1. The van der Waals surface area contributed by atoms with E-state index >= 15 is 0 Å². The highest BCUT2D eigenvalue weighted by atomic mass is 35.5. The van der Waals surface area contributed by atoms with E-state index in [4.69, 9.17) is 34.8 Å². The minimum absolute atomic E-state index is 0.140. The van der Waals surface area contributed by atoms with Crippen molar-refractivity contribution in [3.63, 3.8) is 0 Å². The van der Waals surface area contributed by atoms with Crippen molar-refractivity contribution in [3.8, 4) is 11.3 Å². The molecule has 0 unspecified atom stereocenters. The van der Waals surface area contributed by atoms with Gasteiger partial charge in [-0.1, -0.05) is 59.1 Å². The number of hydrogen-bond donors (Lipinski definition) is 2. The Morgan fingerprint density at radius 2 is 1.73 bits per heavy atom. The first-order chi connectivity index (χ1) is 10.5. The molecule has 1 aromatic heterocycles. The molecule has 112 valence electrons. The number of carbonyl (C=O) groups is 1. The Morgan fingerprint density at radius 1 is 1.05 bits per heavy atom. The third kappa shape index (κ3) is 2.56. The largest absolute Gasteiger partial charge is 0.481 e. The molecule has 0 saturated heterocycles. The summed E-state index contributed by atoms with van der Waals surface area (Å²) in [6.07, 6.45) is -0.140. The number of carboxylic acid groups (broad SMARTS) is 1. The number of aromatic amines is 1. The number of benzene rings is 2. The van der Waals surface area contributed by atoms with Gasteiger partial charge in [0.15, 0.2) is 0 Å². The number of hydrogen-bond acceptors (Lipinski definition) is 1. The maximum atomic E-state index is 11.2. The van der Waals surface area contributed by atoms with Gasteiger partial charge in [-0.15, -0.1) is 0 Å². The standard InChI is InChI=1S/C16H10Cl3NO2/c17-11-5-2-4-9(14(11)19)15-10(7-13(21)22)8-3-1-6-12(18)16(8)20-15/h1-6,20H,7H2,(H,21,22). The van der Waals surface area contributed by atoms with Crippen molar-refractivity contribution in [2.45, 2.75) is 6.42 Å². The molecule has 3 aromatic rings. The summed E-state index contributed by atoms with van der Waals surface area (Å²) in [5.74, 6) is -0.930. The Balaban J connectivity index is 2.35. The van der Waals surface area contributed by atoms with Crippen molar-refractivity contribution in [2.75, 3.05) is 0 Å².